The summed E-state index contributed by atoms with van der Waals surface area (Å²) in [7, 11) is 0. The maximum absolute atomic E-state index is 14.0. The van der Waals surface area contributed by atoms with E-state index in [1.165, 1.54) is 83.5 Å². The molecular weight excluding hydrogens is 1120 g/mol. The number of benzene rings is 2. The molecule has 18 atom stereocenters. The molecule has 2 aromatic carbocycles. The summed E-state index contributed by atoms with van der Waals surface area (Å²) < 4.78 is 17.4. The number of esters is 1. The Morgan fingerprint density at radius 2 is 1.22 bits per heavy atom. The van der Waals surface area contributed by atoms with E-state index in [0.717, 1.165) is 144 Å². The van der Waals surface area contributed by atoms with E-state index in [1.807, 2.05) is 33.2 Å². The number of carbonyl (C=O) groups is 3. The number of rotatable bonds is 20. The zero-order chi connectivity index (χ0) is 62.9. The fourth-order valence-corrected chi connectivity index (χ4v) is 22.8. The van der Waals surface area contributed by atoms with Gasteiger partial charge in [-0.2, -0.15) is 0 Å². The predicted octanol–water partition coefficient (Wildman–Crippen LogP) is 15.1. The van der Waals surface area contributed by atoms with Crippen LogP contribution in [0.5, 0.6) is 0 Å². The smallest absolute Gasteiger partial charge is 0.407 e. The Morgan fingerprint density at radius 3 is 1.86 bits per heavy atom. The molecule has 0 radical (unpaired) electrons. The molecule has 0 aliphatic heterocycles. The van der Waals surface area contributed by atoms with Gasteiger partial charge in [0.05, 0.1) is 12.4 Å². The van der Waals surface area contributed by atoms with E-state index in [9.17, 15) is 24.6 Å². The molecule has 8 fully saturated rings. The topological polar surface area (TPSA) is 189 Å². The number of amides is 1. The second-order valence-corrected chi connectivity index (χ2v) is 32.7. The van der Waals surface area contributed by atoms with E-state index in [2.05, 4.69) is 102 Å². The number of nitrogens with one attached hydrogen (secondary N) is 1. The van der Waals surface area contributed by atoms with E-state index >= 15 is 0 Å². The monoisotopic (exact) mass is 1230 g/mol. The lowest BCUT2D eigenvalue weighted by molar-refractivity contribution is -0.155. The maximum Gasteiger partial charge on any atom is 0.407 e. The lowest BCUT2D eigenvalue weighted by atomic mass is 9.44. The average Bonchev–Trinajstić information content (AvgIpc) is 1.33. The first kappa shape index (κ1) is 63.6. The highest BCUT2D eigenvalue weighted by Gasteiger charge is 2.61. The van der Waals surface area contributed by atoms with Crippen LogP contribution in [0.25, 0.3) is 44.3 Å². The molecule has 3 aromatic heterocycles. The molecule has 3 heterocycles. The van der Waals surface area contributed by atoms with Gasteiger partial charge in [0, 0.05) is 65.7 Å². The van der Waals surface area contributed by atoms with Crippen LogP contribution in [0.1, 0.15) is 203 Å². The van der Waals surface area contributed by atoms with E-state index in [4.69, 9.17) is 9.47 Å². The number of Topliss-reactive ketones (excluding diaryl/α,β-unsaturated/α-hetero) is 1. The Labute approximate surface area is 535 Å². The van der Waals surface area contributed by atoms with Crippen LogP contribution < -0.4 is 5.32 Å². The molecular formula is C75H108N8O7. The standard InChI is InChI=1S/C75H108N8O7/c1-46(11-9-35-84)61-23-25-63-57-18-13-49-39-54(17-22-55(49)56(57)28-31-74(61,63)7)89-70(87)45-82-44-67(78-80-82)51-15-20-59-58-19-14-50(40-68(58)83(69(59)41-51)34-33-76-71(88)90-72(3,4)5)66-43-81(79-77-66)42-53(86)38-48-27-30-73(6)52(37-48)16-21-60-64-26-24-62(47(2)12-10-36-85)75(64,8)32-29-65(60)73/h14-15,19-20,40-41,43-44,46-49,52,54-57,60-65,84-85H,9-13,16-18,21-39,42,45H2,1-8H3,(H,76,88)/t46?,47-,48?,49-,52?,54-,55?,56?,57?,60?,61?,62?,63?,64?,65?,73?,74?,75?/m1/s1. The lowest BCUT2D eigenvalue weighted by Crippen LogP contribution is -2.53. The summed E-state index contributed by atoms with van der Waals surface area (Å²) in [5.41, 5.74) is 5.61. The number of aliphatic hydroxyl groups is 2. The van der Waals surface area contributed by atoms with Crippen LogP contribution in [0.4, 0.5) is 4.79 Å². The van der Waals surface area contributed by atoms with Crippen LogP contribution in [0.2, 0.25) is 0 Å². The number of carbonyl (C=O) groups excluding carboxylic acids is 3. The molecule has 0 spiro atoms. The Balaban J connectivity index is 0.640. The highest BCUT2D eigenvalue weighted by molar-refractivity contribution is 6.10. The summed E-state index contributed by atoms with van der Waals surface area (Å²) in [6.07, 6.45) is 30.6. The molecule has 0 bridgehead atoms. The number of aromatic nitrogens is 7. The van der Waals surface area contributed by atoms with Crippen LogP contribution in [-0.4, -0.2) is 94.1 Å². The fourth-order valence-electron chi connectivity index (χ4n) is 22.8. The van der Waals surface area contributed by atoms with Crippen LogP contribution in [0.3, 0.4) is 0 Å². The zero-order valence-corrected chi connectivity index (χ0v) is 55.9. The Morgan fingerprint density at radius 1 is 0.644 bits per heavy atom. The quantitative estimate of drug-likeness (QED) is 0.0629. The summed E-state index contributed by atoms with van der Waals surface area (Å²) in [4.78, 5) is 40.5. The van der Waals surface area contributed by atoms with Crippen molar-refractivity contribution in [2.24, 2.45) is 99.1 Å². The molecule has 90 heavy (non-hydrogen) atoms. The van der Waals surface area contributed by atoms with Gasteiger partial charge in [0.25, 0.3) is 0 Å². The van der Waals surface area contributed by atoms with E-state index in [-0.39, 0.29) is 30.9 Å². The summed E-state index contributed by atoms with van der Waals surface area (Å²) in [5, 5.41) is 42.3. The Kier molecular flexibility index (Phi) is 18.1. The van der Waals surface area contributed by atoms with Crippen molar-refractivity contribution in [3.8, 4) is 22.5 Å². The largest absolute Gasteiger partial charge is 0.461 e. The summed E-state index contributed by atoms with van der Waals surface area (Å²) in [5.74, 6) is 10.3. The van der Waals surface area contributed by atoms with Gasteiger partial charge in [0.15, 0.2) is 5.78 Å². The SMILES string of the molecule is CC(CCCO)C1CCC2C3CC[C@@H]4C[C@H](OC(=O)Cn5cc(-c6ccc7c8ccc(-c9cn(CC(=O)CC%10CCC%11(C)C(CCC%12C%11CCC%11(C)C%12CCC%11[C@H](C)CCCO)C%10)nn9)cc8n(CCNC(=O)OC(C)(C)C)c7c6)nn5)CCC4C3CCC12C. The summed E-state index contributed by atoms with van der Waals surface area (Å²) in [6.45, 7) is 20.0. The second-order valence-electron chi connectivity index (χ2n) is 32.7. The first-order valence-corrected chi connectivity index (χ1v) is 36.0. The first-order valence-electron chi connectivity index (χ1n) is 36.0. The summed E-state index contributed by atoms with van der Waals surface area (Å²) >= 11 is 0. The lowest BCUT2D eigenvalue weighted by Gasteiger charge is -2.61. The van der Waals surface area contributed by atoms with Gasteiger partial charge in [-0.25, -0.2) is 14.2 Å². The Hall–Kier alpha value is -5.15. The Bertz CT molecular complexity index is 3380. The van der Waals surface area contributed by atoms with Crippen molar-refractivity contribution in [1.82, 2.24) is 39.9 Å². The molecule has 8 saturated carbocycles. The van der Waals surface area contributed by atoms with Gasteiger partial charge in [-0.3, -0.25) is 9.59 Å². The second kappa shape index (κ2) is 25.6. The minimum absolute atomic E-state index is 0.00293. The molecule has 8 aliphatic rings. The van der Waals surface area contributed by atoms with Gasteiger partial charge in [-0.1, -0.05) is 69.3 Å². The van der Waals surface area contributed by atoms with Crippen molar-refractivity contribution < 1.29 is 34.1 Å². The summed E-state index contributed by atoms with van der Waals surface area (Å²) in [6, 6.07) is 12.6. The number of alkyl carbamates (subject to hydrolysis) is 1. The van der Waals surface area contributed by atoms with E-state index in [0.29, 0.717) is 89.9 Å². The molecule has 8 aliphatic carbocycles. The molecule has 490 valence electrons. The first-order chi connectivity index (χ1) is 43.2. The number of ketones is 1. The van der Waals surface area contributed by atoms with Gasteiger partial charge in [0.1, 0.15) is 36.2 Å². The average molecular weight is 1230 g/mol. The minimum atomic E-state index is -0.633. The highest BCUT2D eigenvalue weighted by atomic mass is 16.6. The molecule has 15 heteroatoms. The number of ether oxygens (including phenoxy) is 2. The third-order valence-electron chi connectivity index (χ3n) is 26.8. The number of hydrogen-bond acceptors (Lipinski definition) is 11. The van der Waals surface area contributed by atoms with Crippen LogP contribution in [0, 0.1) is 99.1 Å². The van der Waals surface area contributed by atoms with Crippen LogP contribution >= 0.6 is 0 Å². The van der Waals surface area contributed by atoms with Crippen molar-refractivity contribution in [2.45, 2.75) is 234 Å². The zero-order valence-electron chi connectivity index (χ0n) is 55.9. The van der Waals surface area contributed by atoms with E-state index in [1.54, 1.807) is 9.36 Å². The van der Waals surface area contributed by atoms with E-state index < -0.39 is 11.7 Å². The van der Waals surface area contributed by atoms with Gasteiger partial charge in [-0.05, 0) is 273 Å². The number of fused-ring (bicyclic) bond motifs is 13. The van der Waals surface area contributed by atoms with Gasteiger partial charge >= 0.3 is 12.1 Å². The molecule has 15 unspecified atom stereocenters. The van der Waals surface area contributed by atoms with Crippen molar-refractivity contribution in [1.29, 1.82) is 0 Å². The maximum atomic E-state index is 14.0. The normalized spacial score (nSPS) is 34.5. The van der Waals surface area contributed by atoms with Gasteiger partial charge < -0.3 is 29.6 Å². The molecule has 13 rings (SSSR count). The van der Waals surface area contributed by atoms with Gasteiger partial charge in [-0.15, -0.1) is 10.2 Å². The van der Waals surface area contributed by atoms with Gasteiger partial charge in [0.2, 0.25) is 0 Å². The fraction of sp³-hybridized carbons (Fsp3) is 0.747. The van der Waals surface area contributed by atoms with Crippen LogP contribution in [0.15, 0.2) is 48.8 Å². The third kappa shape index (κ3) is 12.3. The van der Waals surface area contributed by atoms with Crippen molar-refractivity contribution in [3.05, 3.63) is 48.8 Å². The number of aliphatic hydroxyl groups excluding tert-OH is 2. The molecule has 1 amide bonds. The predicted molar refractivity (Wildman–Crippen MR) is 351 cm³/mol. The van der Waals surface area contributed by atoms with Crippen molar-refractivity contribution >= 4 is 39.7 Å². The molecule has 5 aromatic rings. The third-order valence-corrected chi connectivity index (χ3v) is 26.8. The highest BCUT2D eigenvalue weighted by Crippen LogP contribution is 2.70. The van der Waals surface area contributed by atoms with Crippen molar-refractivity contribution in [2.75, 3.05) is 19.8 Å². The minimum Gasteiger partial charge on any atom is -0.461 e. The number of hydrogen-bond donors (Lipinski definition) is 3. The van der Waals surface area contributed by atoms with Crippen molar-refractivity contribution in [3.63, 3.8) is 0 Å². The molecule has 3 N–H and O–H groups in total. The number of nitrogens with zero attached hydrogens (tertiary/aromatic N) is 7. The molecule has 15 nitrogen and oxygen atoms in total. The van der Waals surface area contributed by atoms with Crippen LogP contribution in [-0.2, 0) is 38.7 Å². The molecule has 0 saturated heterocycles.